The van der Waals surface area contributed by atoms with Crippen LogP contribution in [0.5, 0.6) is 0 Å². The van der Waals surface area contributed by atoms with Gasteiger partial charge in [-0.05, 0) is 18.6 Å². The monoisotopic (exact) mass is 253 g/mol. The number of hydrogen-bond acceptors (Lipinski definition) is 4. The molecule has 0 fully saturated rings. The van der Waals surface area contributed by atoms with Gasteiger partial charge in [-0.1, -0.05) is 38.0 Å². The molecule has 18 heavy (non-hydrogen) atoms. The lowest BCUT2D eigenvalue weighted by molar-refractivity contribution is -0.358. The zero-order valence-electron chi connectivity index (χ0n) is 10.4. The SMILES string of the molecule is CCCCCC(O)(O)ONC(=O)c1ccccc1. The Balaban J connectivity index is 2.37. The van der Waals surface area contributed by atoms with Crippen molar-refractivity contribution < 1.29 is 19.8 Å². The number of amides is 1. The van der Waals surface area contributed by atoms with Crippen molar-refractivity contribution in [2.75, 3.05) is 0 Å². The van der Waals surface area contributed by atoms with Crippen LogP contribution in [0.25, 0.3) is 0 Å². The highest BCUT2D eigenvalue weighted by Gasteiger charge is 2.25. The van der Waals surface area contributed by atoms with Gasteiger partial charge in [-0.2, -0.15) is 0 Å². The van der Waals surface area contributed by atoms with Crippen LogP contribution in [-0.2, 0) is 4.84 Å². The summed E-state index contributed by atoms with van der Waals surface area (Å²) in [6, 6.07) is 8.41. The van der Waals surface area contributed by atoms with E-state index in [1.807, 2.05) is 12.4 Å². The van der Waals surface area contributed by atoms with E-state index in [2.05, 4.69) is 4.84 Å². The third kappa shape index (κ3) is 5.27. The van der Waals surface area contributed by atoms with Gasteiger partial charge in [-0.3, -0.25) is 4.79 Å². The molecule has 1 amide bonds. The van der Waals surface area contributed by atoms with Crippen molar-refractivity contribution in [2.45, 2.75) is 38.6 Å². The third-order valence-corrected chi connectivity index (χ3v) is 2.45. The molecule has 0 saturated carbocycles. The van der Waals surface area contributed by atoms with Crippen LogP contribution >= 0.6 is 0 Å². The van der Waals surface area contributed by atoms with Crippen molar-refractivity contribution in [3.05, 3.63) is 35.9 Å². The van der Waals surface area contributed by atoms with Crippen molar-refractivity contribution >= 4 is 5.91 Å². The van der Waals surface area contributed by atoms with Gasteiger partial charge in [0.2, 0.25) is 0 Å². The fraction of sp³-hybridized carbons (Fsp3) is 0.462. The fourth-order valence-electron chi connectivity index (χ4n) is 1.43. The number of benzene rings is 1. The molecule has 1 aromatic rings. The van der Waals surface area contributed by atoms with Crippen LogP contribution in [0.4, 0.5) is 0 Å². The summed E-state index contributed by atoms with van der Waals surface area (Å²) < 4.78 is 0. The Morgan fingerprint density at radius 2 is 1.94 bits per heavy atom. The Kier molecular flexibility index (Phi) is 5.77. The van der Waals surface area contributed by atoms with Crippen LogP contribution in [0, 0.1) is 0 Å². The predicted octanol–water partition coefficient (Wildman–Crippen LogP) is 1.57. The molecule has 0 aromatic heterocycles. The minimum absolute atomic E-state index is 0.0515. The summed E-state index contributed by atoms with van der Waals surface area (Å²) in [5.74, 6) is -2.84. The third-order valence-electron chi connectivity index (χ3n) is 2.45. The Hall–Kier alpha value is -1.43. The van der Waals surface area contributed by atoms with Crippen molar-refractivity contribution in [3.8, 4) is 0 Å². The van der Waals surface area contributed by atoms with Crippen molar-refractivity contribution in [3.63, 3.8) is 0 Å². The predicted molar refractivity (Wildman–Crippen MR) is 66.3 cm³/mol. The number of aliphatic hydroxyl groups is 2. The average molecular weight is 253 g/mol. The van der Waals surface area contributed by atoms with Gasteiger partial charge in [-0.25, -0.2) is 10.3 Å². The first-order chi connectivity index (χ1) is 8.55. The average Bonchev–Trinajstić information content (AvgIpc) is 2.37. The Labute approximate surface area is 106 Å². The second-order valence-corrected chi connectivity index (χ2v) is 4.10. The molecule has 0 bridgehead atoms. The number of unbranched alkanes of at least 4 members (excludes halogenated alkanes) is 2. The van der Waals surface area contributed by atoms with E-state index in [1.54, 1.807) is 30.3 Å². The summed E-state index contributed by atoms with van der Waals surface area (Å²) in [6.45, 7) is 2.01. The summed E-state index contributed by atoms with van der Waals surface area (Å²) in [5.41, 5.74) is 2.42. The van der Waals surface area contributed by atoms with E-state index < -0.39 is 11.9 Å². The molecule has 100 valence electrons. The van der Waals surface area contributed by atoms with E-state index in [9.17, 15) is 15.0 Å². The number of hydrogen-bond donors (Lipinski definition) is 3. The maximum absolute atomic E-state index is 11.6. The maximum atomic E-state index is 11.6. The highest BCUT2D eigenvalue weighted by Crippen LogP contribution is 2.12. The number of carbonyl (C=O) groups is 1. The maximum Gasteiger partial charge on any atom is 0.300 e. The highest BCUT2D eigenvalue weighted by atomic mass is 16.8. The van der Waals surface area contributed by atoms with Gasteiger partial charge < -0.3 is 10.2 Å². The van der Waals surface area contributed by atoms with E-state index in [0.717, 1.165) is 12.8 Å². The summed E-state index contributed by atoms with van der Waals surface area (Å²) in [4.78, 5) is 16.2. The van der Waals surface area contributed by atoms with E-state index in [4.69, 9.17) is 0 Å². The number of hydroxylamine groups is 1. The molecular weight excluding hydrogens is 234 g/mol. The van der Waals surface area contributed by atoms with Gasteiger partial charge in [0.25, 0.3) is 11.9 Å². The summed E-state index contributed by atoms with van der Waals surface area (Å²) in [5, 5.41) is 18.9. The minimum atomic E-state index is -2.32. The van der Waals surface area contributed by atoms with Gasteiger partial charge in [0, 0.05) is 12.0 Å². The Morgan fingerprint density at radius 1 is 1.28 bits per heavy atom. The highest BCUT2D eigenvalue weighted by molar-refractivity contribution is 5.93. The first kappa shape index (κ1) is 14.6. The molecule has 0 saturated heterocycles. The molecular formula is C13H19NO4. The van der Waals surface area contributed by atoms with Gasteiger partial charge in [0.1, 0.15) is 0 Å². The molecule has 1 aromatic carbocycles. The van der Waals surface area contributed by atoms with Crippen LogP contribution in [0.15, 0.2) is 30.3 Å². The number of nitrogens with one attached hydrogen (secondary N) is 1. The molecule has 0 aliphatic heterocycles. The zero-order valence-corrected chi connectivity index (χ0v) is 10.4. The van der Waals surface area contributed by atoms with Crippen LogP contribution in [0.3, 0.4) is 0 Å². The topological polar surface area (TPSA) is 78.8 Å². The molecule has 5 heteroatoms. The van der Waals surface area contributed by atoms with E-state index in [-0.39, 0.29) is 6.42 Å². The zero-order chi connectivity index (χ0) is 13.4. The number of carbonyl (C=O) groups excluding carboxylic acids is 1. The molecule has 0 atom stereocenters. The van der Waals surface area contributed by atoms with Crippen LogP contribution < -0.4 is 5.48 Å². The normalized spacial score (nSPS) is 11.3. The lowest BCUT2D eigenvalue weighted by atomic mass is 10.2. The van der Waals surface area contributed by atoms with E-state index in [1.165, 1.54) is 0 Å². The lowest BCUT2D eigenvalue weighted by Gasteiger charge is -2.21. The standard InChI is InChI=1S/C13H19NO4/c1-2-3-7-10-13(16,17)18-14-12(15)11-8-5-4-6-9-11/h4-6,8-9,16-17H,2-3,7,10H2,1H3,(H,14,15). The van der Waals surface area contributed by atoms with Gasteiger partial charge in [-0.15, -0.1) is 0 Å². The van der Waals surface area contributed by atoms with E-state index >= 15 is 0 Å². The Morgan fingerprint density at radius 3 is 2.56 bits per heavy atom. The largest absolute Gasteiger partial charge is 0.342 e. The van der Waals surface area contributed by atoms with Crippen LogP contribution in [0.2, 0.25) is 0 Å². The molecule has 0 radical (unpaired) electrons. The second kappa shape index (κ2) is 7.10. The van der Waals surface area contributed by atoms with Crippen LogP contribution in [0.1, 0.15) is 43.0 Å². The summed E-state index contributed by atoms with van der Waals surface area (Å²) >= 11 is 0. The second-order valence-electron chi connectivity index (χ2n) is 4.10. The molecule has 0 aliphatic carbocycles. The minimum Gasteiger partial charge on any atom is -0.342 e. The van der Waals surface area contributed by atoms with Crippen molar-refractivity contribution in [1.82, 2.24) is 5.48 Å². The molecule has 0 aliphatic rings. The van der Waals surface area contributed by atoms with Crippen molar-refractivity contribution in [1.29, 1.82) is 0 Å². The molecule has 5 nitrogen and oxygen atoms in total. The molecule has 1 rings (SSSR count). The van der Waals surface area contributed by atoms with Crippen molar-refractivity contribution in [2.24, 2.45) is 0 Å². The summed E-state index contributed by atoms with van der Waals surface area (Å²) in [7, 11) is 0. The Bertz CT molecular complexity index is 365. The quantitative estimate of drug-likeness (QED) is 0.391. The number of rotatable bonds is 7. The van der Waals surface area contributed by atoms with Crippen LogP contribution in [-0.4, -0.2) is 22.1 Å². The summed E-state index contributed by atoms with van der Waals surface area (Å²) in [6.07, 6.45) is 2.51. The van der Waals surface area contributed by atoms with Gasteiger partial charge in [0.05, 0.1) is 0 Å². The lowest BCUT2D eigenvalue weighted by Crippen LogP contribution is -2.40. The molecule has 0 heterocycles. The molecule has 0 unspecified atom stereocenters. The molecule has 0 spiro atoms. The molecule has 3 N–H and O–H groups in total. The van der Waals surface area contributed by atoms with E-state index in [0.29, 0.717) is 12.0 Å². The fourth-order valence-corrected chi connectivity index (χ4v) is 1.43. The first-order valence-corrected chi connectivity index (χ1v) is 6.03. The van der Waals surface area contributed by atoms with Gasteiger partial charge >= 0.3 is 0 Å². The van der Waals surface area contributed by atoms with Gasteiger partial charge in [0.15, 0.2) is 0 Å². The smallest absolute Gasteiger partial charge is 0.300 e. The first-order valence-electron chi connectivity index (χ1n) is 6.03.